The Morgan fingerprint density at radius 3 is 2.57 bits per heavy atom. The Kier molecular flexibility index (Phi) is 9.51. The number of anilines is 2. The Labute approximate surface area is 252 Å². The van der Waals surface area contributed by atoms with Gasteiger partial charge in [0.2, 0.25) is 11.1 Å². The molecule has 1 saturated heterocycles. The fourth-order valence-corrected chi connectivity index (χ4v) is 6.22. The van der Waals surface area contributed by atoms with Crippen molar-refractivity contribution in [3.05, 3.63) is 70.4 Å². The van der Waals surface area contributed by atoms with Crippen LogP contribution >= 0.6 is 11.8 Å². The number of aryl methyl sites for hydroxylation is 1. The number of allylic oxidation sites excluding steroid dienone is 1. The van der Waals surface area contributed by atoms with Gasteiger partial charge in [0.1, 0.15) is 11.8 Å². The number of carbonyl (C=O) groups is 2. The molecule has 1 fully saturated rings. The maximum atomic E-state index is 13.9. The van der Waals surface area contributed by atoms with Crippen LogP contribution in [0.25, 0.3) is 0 Å². The molecule has 2 aromatic carbocycles. The van der Waals surface area contributed by atoms with Crippen molar-refractivity contribution in [3.8, 4) is 5.75 Å². The molecule has 2 N–H and O–H groups in total. The number of rotatable bonds is 10. The van der Waals surface area contributed by atoms with Gasteiger partial charge in [-0.3, -0.25) is 9.59 Å². The van der Waals surface area contributed by atoms with E-state index in [2.05, 4.69) is 17.6 Å². The largest absolute Gasteiger partial charge is 0.484 e. The SMILES string of the molecule is CCCCSc1nc2n(n1)C(c1ccc(OCC(=O)N3CCCCC3)cc1)C(C(=O)Nc1cccc(C)c1C)=C(C)N2. The Hall–Kier alpha value is -3.79. The molecule has 5 rings (SSSR count). The fourth-order valence-electron chi connectivity index (χ4n) is 5.30. The number of benzene rings is 2. The molecule has 9 nitrogen and oxygen atoms in total. The second-order valence-electron chi connectivity index (χ2n) is 10.9. The summed E-state index contributed by atoms with van der Waals surface area (Å²) in [6.07, 6.45) is 5.45. The summed E-state index contributed by atoms with van der Waals surface area (Å²) in [6.45, 7) is 9.71. The number of hydrogen-bond acceptors (Lipinski definition) is 7. The van der Waals surface area contributed by atoms with E-state index in [-0.39, 0.29) is 18.4 Å². The number of piperidine rings is 1. The molecule has 3 aromatic rings. The maximum Gasteiger partial charge on any atom is 0.260 e. The summed E-state index contributed by atoms with van der Waals surface area (Å²) in [4.78, 5) is 33.1. The second-order valence-corrected chi connectivity index (χ2v) is 12.0. The van der Waals surface area contributed by atoms with Crippen molar-refractivity contribution in [1.29, 1.82) is 0 Å². The first-order valence-corrected chi connectivity index (χ1v) is 15.8. The average molecular weight is 589 g/mol. The minimum Gasteiger partial charge on any atom is -0.484 e. The Morgan fingerprint density at radius 2 is 1.83 bits per heavy atom. The van der Waals surface area contributed by atoms with Crippen molar-refractivity contribution in [2.45, 2.75) is 71.0 Å². The van der Waals surface area contributed by atoms with Crippen molar-refractivity contribution in [3.63, 3.8) is 0 Å². The van der Waals surface area contributed by atoms with Gasteiger partial charge in [0, 0.05) is 30.2 Å². The van der Waals surface area contributed by atoms with E-state index in [1.807, 2.05) is 68.1 Å². The number of fused-ring (bicyclic) bond motifs is 1. The number of ether oxygens (including phenoxy) is 1. The molecule has 0 saturated carbocycles. The van der Waals surface area contributed by atoms with Crippen molar-refractivity contribution in [2.24, 2.45) is 0 Å². The molecule has 222 valence electrons. The first-order valence-electron chi connectivity index (χ1n) is 14.8. The highest BCUT2D eigenvalue weighted by atomic mass is 32.2. The third-order valence-corrected chi connectivity index (χ3v) is 8.85. The topological polar surface area (TPSA) is 101 Å². The third-order valence-electron chi connectivity index (χ3n) is 7.93. The van der Waals surface area contributed by atoms with E-state index in [9.17, 15) is 9.59 Å². The molecule has 2 aliphatic heterocycles. The van der Waals surface area contributed by atoms with Crippen LogP contribution in [-0.4, -0.2) is 56.9 Å². The molecule has 1 atom stereocenters. The van der Waals surface area contributed by atoms with Crippen LogP contribution in [0.1, 0.15) is 68.7 Å². The molecule has 2 amide bonds. The molecule has 3 heterocycles. The average Bonchev–Trinajstić information content (AvgIpc) is 3.40. The summed E-state index contributed by atoms with van der Waals surface area (Å²) >= 11 is 1.62. The van der Waals surface area contributed by atoms with Crippen molar-refractivity contribution < 1.29 is 14.3 Å². The van der Waals surface area contributed by atoms with E-state index in [0.29, 0.717) is 22.4 Å². The third kappa shape index (κ3) is 6.64. The first-order chi connectivity index (χ1) is 20.4. The summed E-state index contributed by atoms with van der Waals surface area (Å²) in [5.41, 5.74) is 5.07. The summed E-state index contributed by atoms with van der Waals surface area (Å²) in [5.74, 6) is 1.95. The van der Waals surface area contributed by atoms with Crippen molar-refractivity contribution >= 4 is 35.2 Å². The lowest BCUT2D eigenvalue weighted by Crippen LogP contribution is -2.38. The lowest BCUT2D eigenvalue weighted by Gasteiger charge is -2.29. The lowest BCUT2D eigenvalue weighted by atomic mass is 9.94. The summed E-state index contributed by atoms with van der Waals surface area (Å²) in [5, 5.41) is 12.0. The standard InChI is InChI=1S/C32H40N6O3S/c1-5-6-19-42-32-35-31-33-23(4)28(30(40)34-26-12-10-11-21(2)22(26)3)29(38(31)36-32)24-13-15-25(16-14-24)41-20-27(39)37-17-8-7-9-18-37/h10-16,29H,5-9,17-20H2,1-4H3,(H,34,40)(H,33,35,36). The van der Waals surface area contributed by atoms with Crippen LogP contribution in [0.15, 0.2) is 58.9 Å². The highest BCUT2D eigenvalue weighted by Gasteiger charge is 2.34. The number of thioether (sulfide) groups is 1. The Balaban J connectivity index is 1.41. The zero-order chi connectivity index (χ0) is 29.6. The molecule has 1 aromatic heterocycles. The maximum absolute atomic E-state index is 13.9. The molecule has 0 aliphatic carbocycles. The predicted molar refractivity (Wildman–Crippen MR) is 167 cm³/mol. The molecular formula is C32H40N6O3S. The van der Waals surface area contributed by atoms with Gasteiger partial charge in [0.15, 0.2) is 6.61 Å². The van der Waals surface area contributed by atoms with Gasteiger partial charge in [-0.1, -0.05) is 49.4 Å². The van der Waals surface area contributed by atoms with Crippen molar-refractivity contribution in [2.75, 3.05) is 36.1 Å². The van der Waals surface area contributed by atoms with Crippen LogP contribution in [0.3, 0.4) is 0 Å². The number of aromatic nitrogens is 3. The van der Waals surface area contributed by atoms with Gasteiger partial charge in [-0.25, -0.2) is 4.68 Å². The smallest absolute Gasteiger partial charge is 0.260 e. The zero-order valence-electron chi connectivity index (χ0n) is 24.9. The minimum atomic E-state index is -0.497. The summed E-state index contributed by atoms with van der Waals surface area (Å²) < 4.78 is 7.66. The summed E-state index contributed by atoms with van der Waals surface area (Å²) in [7, 11) is 0. The molecule has 10 heteroatoms. The van der Waals surface area contributed by atoms with Crippen LogP contribution in [0, 0.1) is 13.8 Å². The van der Waals surface area contributed by atoms with E-state index in [0.717, 1.165) is 72.6 Å². The van der Waals surface area contributed by atoms with Gasteiger partial charge in [0.25, 0.3) is 11.8 Å². The van der Waals surface area contributed by atoms with Crippen LogP contribution < -0.4 is 15.4 Å². The lowest BCUT2D eigenvalue weighted by molar-refractivity contribution is -0.134. The highest BCUT2D eigenvalue weighted by Crippen LogP contribution is 2.37. The highest BCUT2D eigenvalue weighted by molar-refractivity contribution is 7.99. The van der Waals surface area contributed by atoms with E-state index >= 15 is 0 Å². The number of nitrogens with zero attached hydrogens (tertiary/aromatic N) is 4. The second kappa shape index (κ2) is 13.5. The number of nitrogens with one attached hydrogen (secondary N) is 2. The Bertz CT molecular complexity index is 1460. The monoisotopic (exact) mass is 588 g/mol. The quantitative estimate of drug-likeness (QED) is 0.218. The fraction of sp³-hybridized carbons (Fsp3) is 0.438. The molecule has 2 aliphatic rings. The molecule has 0 bridgehead atoms. The van der Waals surface area contributed by atoms with Gasteiger partial charge in [-0.2, -0.15) is 4.98 Å². The van der Waals surface area contributed by atoms with E-state index in [1.54, 1.807) is 16.4 Å². The molecule has 42 heavy (non-hydrogen) atoms. The number of hydrogen-bond donors (Lipinski definition) is 2. The van der Waals surface area contributed by atoms with E-state index < -0.39 is 6.04 Å². The molecule has 0 spiro atoms. The number of carbonyl (C=O) groups excluding carboxylic acids is 2. The van der Waals surface area contributed by atoms with Crippen molar-refractivity contribution in [1.82, 2.24) is 19.7 Å². The minimum absolute atomic E-state index is 0.0147. The van der Waals surface area contributed by atoms with Crippen LogP contribution in [-0.2, 0) is 9.59 Å². The Morgan fingerprint density at radius 1 is 1.07 bits per heavy atom. The first kappa shape index (κ1) is 29.7. The molecule has 0 radical (unpaired) electrons. The number of likely N-dealkylation sites (tertiary alicyclic amines) is 1. The summed E-state index contributed by atoms with van der Waals surface area (Å²) in [6, 6.07) is 13.0. The van der Waals surface area contributed by atoms with Gasteiger partial charge in [-0.05, 0) is 81.3 Å². The molecular weight excluding hydrogens is 548 g/mol. The predicted octanol–water partition coefficient (Wildman–Crippen LogP) is 6.11. The van der Waals surface area contributed by atoms with Crippen LogP contribution in [0.4, 0.5) is 11.6 Å². The number of amides is 2. The van der Waals surface area contributed by atoms with Crippen LogP contribution in [0.2, 0.25) is 0 Å². The number of unbranched alkanes of at least 4 members (excludes halogenated alkanes) is 1. The van der Waals surface area contributed by atoms with Gasteiger partial charge in [-0.15, -0.1) is 5.10 Å². The molecule has 1 unspecified atom stereocenters. The van der Waals surface area contributed by atoms with Gasteiger partial charge >= 0.3 is 0 Å². The van der Waals surface area contributed by atoms with Gasteiger partial charge < -0.3 is 20.3 Å². The normalized spacial score (nSPS) is 16.6. The van der Waals surface area contributed by atoms with Gasteiger partial charge in [0.05, 0.1) is 5.57 Å². The van der Waals surface area contributed by atoms with E-state index in [1.165, 1.54) is 6.42 Å². The zero-order valence-corrected chi connectivity index (χ0v) is 25.7. The van der Waals surface area contributed by atoms with Crippen LogP contribution in [0.5, 0.6) is 5.75 Å². The van der Waals surface area contributed by atoms with E-state index in [4.69, 9.17) is 14.8 Å².